The van der Waals surface area contributed by atoms with Crippen molar-refractivity contribution in [2.75, 3.05) is 0 Å². The molecule has 0 fully saturated rings. The minimum absolute atomic E-state index is 0.158. The number of nitrogens with two attached hydrogens (primary N) is 1. The lowest BCUT2D eigenvalue weighted by molar-refractivity contribution is 0.436. The number of hydrogen-bond donors (Lipinski definition) is 1. The number of aromatic nitrogens is 1. The second-order valence-corrected chi connectivity index (χ2v) is 4.88. The molecular weight excluding hydrogens is 267 g/mol. The van der Waals surface area contributed by atoms with Gasteiger partial charge < -0.3 is 10.5 Å². The fourth-order valence-corrected chi connectivity index (χ4v) is 2.26. The first kappa shape index (κ1) is 13.5. The molecule has 0 aliphatic rings. The Hall–Kier alpha value is -2.46. The van der Waals surface area contributed by atoms with E-state index in [0.717, 1.165) is 5.39 Å². The lowest BCUT2D eigenvalue weighted by atomic mass is 10.1. The summed E-state index contributed by atoms with van der Waals surface area (Å²) in [5, 5.41) is 0.939. The normalized spacial score (nSPS) is 12.3. The first-order valence-electron chi connectivity index (χ1n) is 6.72. The molecule has 3 aromatic rings. The van der Waals surface area contributed by atoms with Gasteiger partial charge >= 0.3 is 0 Å². The molecule has 0 aliphatic heterocycles. The van der Waals surface area contributed by atoms with E-state index in [9.17, 15) is 4.39 Å². The van der Waals surface area contributed by atoms with Crippen LogP contribution in [0.15, 0.2) is 54.7 Å². The smallest absolute Gasteiger partial charge is 0.167 e. The number of nitrogens with zero attached hydrogens (tertiary/aromatic N) is 1. The van der Waals surface area contributed by atoms with Gasteiger partial charge in [-0.3, -0.25) is 4.98 Å². The third kappa shape index (κ3) is 2.58. The first-order chi connectivity index (χ1) is 10.2. The molecule has 0 aliphatic carbocycles. The monoisotopic (exact) mass is 282 g/mol. The average Bonchev–Trinajstić information content (AvgIpc) is 2.49. The van der Waals surface area contributed by atoms with Crippen molar-refractivity contribution in [3.8, 4) is 11.5 Å². The van der Waals surface area contributed by atoms with Crippen LogP contribution in [-0.4, -0.2) is 4.98 Å². The largest absolute Gasteiger partial charge is 0.452 e. The highest BCUT2D eigenvalue weighted by Gasteiger charge is 2.15. The molecule has 1 atom stereocenters. The molecule has 0 radical (unpaired) electrons. The van der Waals surface area contributed by atoms with Crippen LogP contribution >= 0.6 is 0 Å². The number of benzene rings is 2. The fraction of sp³-hybridized carbons (Fsp3) is 0.118. The Morgan fingerprint density at radius 2 is 1.86 bits per heavy atom. The third-order valence-corrected chi connectivity index (χ3v) is 3.30. The molecule has 2 aromatic carbocycles. The zero-order valence-electron chi connectivity index (χ0n) is 11.6. The fourth-order valence-electron chi connectivity index (χ4n) is 2.26. The molecule has 0 amide bonds. The van der Waals surface area contributed by atoms with Gasteiger partial charge in [0, 0.05) is 23.2 Å². The standard InChI is InChI=1S/C17H15FN2O/c1-11(19)13-7-3-8-14(18)17(13)21-15-9-2-5-12-6-4-10-20-16(12)15/h2-11H,19H2,1H3. The summed E-state index contributed by atoms with van der Waals surface area (Å²) in [5.41, 5.74) is 7.21. The summed E-state index contributed by atoms with van der Waals surface area (Å²) in [6.07, 6.45) is 1.68. The van der Waals surface area contributed by atoms with Crippen molar-refractivity contribution in [3.05, 3.63) is 66.1 Å². The van der Waals surface area contributed by atoms with E-state index < -0.39 is 5.82 Å². The van der Waals surface area contributed by atoms with E-state index in [1.807, 2.05) is 24.3 Å². The molecule has 1 heterocycles. The van der Waals surface area contributed by atoms with Crippen LogP contribution < -0.4 is 10.5 Å². The number of pyridine rings is 1. The van der Waals surface area contributed by atoms with Crippen molar-refractivity contribution >= 4 is 10.9 Å². The van der Waals surface area contributed by atoms with E-state index in [0.29, 0.717) is 16.8 Å². The van der Waals surface area contributed by atoms with Crippen LogP contribution in [0.5, 0.6) is 11.5 Å². The van der Waals surface area contributed by atoms with Gasteiger partial charge in [0.1, 0.15) is 5.52 Å². The van der Waals surface area contributed by atoms with Crippen molar-refractivity contribution in [1.82, 2.24) is 4.98 Å². The molecule has 0 bridgehead atoms. The Morgan fingerprint density at radius 3 is 2.67 bits per heavy atom. The molecule has 1 unspecified atom stereocenters. The number of fused-ring (bicyclic) bond motifs is 1. The Kier molecular flexibility index (Phi) is 3.54. The summed E-state index contributed by atoms with van der Waals surface area (Å²) in [6, 6.07) is 13.8. The molecule has 4 heteroatoms. The highest BCUT2D eigenvalue weighted by atomic mass is 19.1. The van der Waals surface area contributed by atoms with Crippen molar-refractivity contribution in [1.29, 1.82) is 0 Å². The highest BCUT2D eigenvalue weighted by molar-refractivity contribution is 5.84. The molecule has 21 heavy (non-hydrogen) atoms. The lowest BCUT2D eigenvalue weighted by Gasteiger charge is -2.15. The van der Waals surface area contributed by atoms with Crippen LogP contribution in [0.1, 0.15) is 18.5 Å². The summed E-state index contributed by atoms with van der Waals surface area (Å²) in [7, 11) is 0. The Labute approximate surface area is 122 Å². The predicted octanol–water partition coefficient (Wildman–Crippen LogP) is 4.19. The van der Waals surface area contributed by atoms with Crippen LogP contribution in [0.3, 0.4) is 0 Å². The zero-order chi connectivity index (χ0) is 14.8. The van der Waals surface area contributed by atoms with Gasteiger partial charge in [-0.25, -0.2) is 4.39 Å². The van der Waals surface area contributed by atoms with E-state index in [4.69, 9.17) is 10.5 Å². The van der Waals surface area contributed by atoms with Gasteiger partial charge in [-0.2, -0.15) is 0 Å². The third-order valence-electron chi connectivity index (χ3n) is 3.30. The number of para-hydroxylation sites is 2. The van der Waals surface area contributed by atoms with Crippen molar-refractivity contribution in [2.45, 2.75) is 13.0 Å². The summed E-state index contributed by atoms with van der Waals surface area (Å²) >= 11 is 0. The average molecular weight is 282 g/mol. The Morgan fingerprint density at radius 1 is 1.10 bits per heavy atom. The van der Waals surface area contributed by atoms with Crippen LogP contribution in [0.25, 0.3) is 10.9 Å². The van der Waals surface area contributed by atoms with Crippen molar-refractivity contribution in [3.63, 3.8) is 0 Å². The maximum atomic E-state index is 14.1. The van der Waals surface area contributed by atoms with E-state index in [1.54, 1.807) is 31.3 Å². The summed E-state index contributed by atoms with van der Waals surface area (Å²) in [6.45, 7) is 1.79. The van der Waals surface area contributed by atoms with Crippen LogP contribution in [0.4, 0.5) is 4.39 Å². The highest BCUT2D eigenvalue weighted by Crippen LogP contribution is 2.34. The minimum atomic E-state index is -0.433. The topological polar surface area (TPSA) is 48.1 Å². The maximum absolute atomic E-state index is 14.1. The number of halogens is 1. The maximum Gasteiger partial charge on any atom is 0.167 e. The van der Waals surface area contributed by atoms with E-state index in [2.05, 4.69) is 4.98 Å². The molecule has 0 spiro atoms. The molecule has 1 aromatic heterocycles. The molecular formula is C17H15FN2O. The number of rotatable bonds is 3. The summed E-state index contributed by atoms with van der Waals surface area (Å²) in [4.78, 5) is 4.30. The van der Waals surface area contributed by atoms with E-state index in [1.165, 1.54) is 6.07 Å². The lowest BCUT2D eigenvalue weighted by Crippen LogP contribution is -2.07. The predicted molar refractivity (Wildman–Crippen MR) is 80.8 cm³/mol. The molecule has 3 rings (SSSR count). The minimum Gasteiger partial charge on any atom is -0.452 e. The van der Waals surface area contributed by atoms with Crippen LogP contribution in [0, 0.1) is 5.82 Å². The van der Waals surface area contributed by atoms with Crippen molar-refractivity contribution < 1.29 is 9.13 Å². The van der Waals surface area contributed by atoms with Crippen LogP contribution in [0.2, 0.25) is 0 Å². The van der Waals surface area contributed by atoms with Crippen molar-refractivity contribution in [2.24, 2.45) is 5.73 Å². The molecule has 3 nitrogen and oxygen atoms in total. The number of ether oxygens (including phenoxy) is 1. The SMILES string of the molecule is CC(N)c1cccc(F)c1Oc1cccc2cccnc12. The van der Waals surface area contributed by atoms with Gasteiger partial charge in [0.2, 0.25) is 0 Å². The molecule has 0 saturated carbocycles. The van der Waals surface area contributed by atoms with Gasteiger partial charge in [0.15, 0.2) is 17.3 Å². The van der Waals surface area contributed by atoms with E-state index in [-0.39, 0.29) is 11.8 Å². The zero-order valence-corrected chi connectivity index (χ0v) is 11.6. The molecule has 106 valence electrons. The van der Waals surface area contributed by atoms with Gasteiger partial charge in [0.25, 0.3) is 0 Å². The molecule has 0 saturated heterocycles. The Balaban J connectivity index is 2.11. The quantitative estimate of drug-likeness (QED) is 0.783. The van der Waals surface area contributed by atoms with Crippen LogP contribution in [-0.2, 0) is 0 Å². The Bertz CT molecular complexity index is 781. The van der Waals surface area contributed by atoms with Gasteiger partial charge in [-0.1, -0.05) is 30.3 Å². The van der Waals surface area contributed by atoms with Gasteiger partial charge in [-0.15, -0.1) is 0 Å². The summed E-state index contributed by atoms with van der Waals surface area (Å²) in [5.74, 6) is 0.239. The second kappa shape index (κ2) is 5.50. The number of hydrogen-bond acceptors (Lipinski definition) is 3. The van der Waals surface area contributed by atoms with Gasteiger partial charge in [-0.05, 0) is 25.1 Å². The molecule has 2 N–H and O–H groups in total. The van der Waals surface area contributed by atoms with E-state index >= 15 is 0 Å². The summed E-state index contributed by atoms with van der Waals surface area (Å²) < 4.78 is 19.9. The first-order valence-corrected chi connectivity index (χ1v) is 6.72. The van der Waals surface area contributed by atoms with Gasteiger partial charge in [0.05, 0.1) is 0 Å². The second-order valence-electron chi connectivity index (χ2n) is 4.88.